The minimum atomic E-state index is -4.62. The first-order valence-corrected chi connectivity index (χ1v) is 13.3. The van der Waals surface area contributed by atoms with Gasteiger partial charge in [0, 0.05) is 42.7 Å². The highest BCUT2D eigenvalue weighted by atomic mass is 19.4. The molecule has 4 rings (SSSR count). The van der Waals surface area contributed by atoms with E-state index in [1.807, 2.05) is 20.8 Å². The second kappa shape index (κ2) is 13.3. The SMILES string of the molecule is CCN(CC)CCOc1cc(NC(=O)c2ccc(C)c(Nc3ncnn3-c3cc(NC)ncn3)c2)cc(C(F)(F)F)c1. The first-order valence-electron chi connectivity index (χ1n) is 13.3. The van der Waals surface area contributed by atoms with Crippen LogP contribution in [0.3, 0.4) is 0 Å². The molecule has 0 radical (unpaired) electrons. The number of alkyl halides is 3. The number of hydrogen-bond donors (Lipinski definition) is 3. The van der Waals surface area contributed by atoms with E-state index < -0.39 is 17.6 Å². The lowest BCUT2D eigenvalue weighted by Gasteiger charge is -2.19. The van der Waals surface area contributed by atoms with Crippen LogP contribution in [0.25, 0.3) is 5.82 Å². The molecule has 0 spiro atoms. The third-order valence-corrected chi connectivity index (χ3v) is 6.48. The molecule has 11 nitrogen and oxygen atoms in total. The van der Waals surface area contributed by atoms with E-state index in [-0.39, 0.29) is 23.6 Å². The summed E-state index contributed by atoms with van der Waals surface area (Å²) in [4.78, 5) is 27.8. The maximum Gasteiger partial charge on any atom is 0.416 e. The molecule has 42 heavy (non-hydrogen) atoms. The molecule has 2 aromatic carbocycles. The maximum atomic E-state index is 13.6. The van der Waals surface area contributed by atoms with E-state index in [0.29, 0.717) is 29.8 Å². The van der Waals surface area contributed by atoms with Crippen LogP contribution in [0.2, 0.25) is 0 Å². The molecule has 4 aromatic rings. The van der Waals surface area contributed by atoms with E-state index in [1.54, 1.807) is 31.3 Å². The number of nitrogens with zero attached hydrogens (tertiary/aromatic N) is 6. The van der Waals surface area contributed by atoms with Gasteiger partial charge in [-0.05, 0) is 49.8 Å². The molecule has 0 aliphatic rings. The molecular weight excluding hydrogens is 551 g/mol. The van der Waals surface area contributed by atoms with Gasteiger partial charge >= 0.3 is 6.18 Å². The van der Waals surface area contributed by atoms with Crippen LogP contribution in [-0.2, 0) is 6.18 Å². The fourth-order valence-corrected chi connectivity index (χ4v) is 4.07. The van der Waals surface area contributed by atoms with Crippen molar-refractivity contribution in [3.8, 4) is 11.6 Å². The van der Waals surface area contributed by atoms with Gasteiger partial charge in [0.05, 0.1) is 5.56 Å². The Morgan fingerprint density at radius 2 is 1.81 bits per heavy atom. The molecule has 3 N–H and O–H groups in total. The first kappa shape index (κ1) is 30.2. The third kappa shape index (κ3) is 7.51. The van der Waals surface area contributed by atoms with Gasteiger partial charge in [0.15, 0.2) is 5.82 Å². The van der Waals surface area contributed by atoms with E-state index in [9.17, 15) is 18.0 Å². The van der Waals surface area contributed by atoms with Crippen molar-refractivity contribution in [2.45, 2.75) is 26.9 Å². The molecule has 1 amide bonds. The van der Waals surface area contributed by atoms with E-state index in [1.165, 1.54) is 23.4 Å². The minimum absolute atomic E-state index is 0.0176. The summed E-state index contributed by atoms with van der Waals surface area (Å²) in [6.07, 6.45) is -1.88. The number of amides is 1. The maximum absolute atomic E-state index is 13.6. The standard InChI is InChI=1S/C28H32F3N9O2/c1-5-39(6-2)9-10-42-22-13-20(28(29,30)31)12-21(14-22)37-26(41)19-8-7-18(3)23(11-19)38-27-35-17-36-40(27)25-15-24(32-4)33-16-34-25/h7-8,11-17H,5-6,9-10H2,1-4H3,(H,37,41)(H,32,33,34)(H,35,36,38). The summed E-state index contributed by atoms with van der Waals surface area (Å²) in [5.41, 5.74) is 0.600. The summed E-state index contributed by atoms with van der Waals surface area (Å²) in [6, 6.07) is 9.76. The molecule has 0 aliphatic heterocycles. The molecule has 2 heterocycles. The lowest BCUT2D eigenvalue weighted by Crippen LogP contribution is -2.28. The normalized spacial score (nSPS) is 11.4. The van der Waals surface area contributed by atoms with Crippen molar-refractivity contribution in [1.82, 2.24) is 29.6 Å². The van der Waals surface area contributed by atoms with E-state index in [4.69, 9.17) is 4.74 Å². The zero-order valence-electron chi connectivity index (χ0n) is 23.7. The van der Waals surface area contributed by atoms with Crippen molar-refractivity contribution in [2.75, 3.05) is 49.2 Å². The van der Waals surface area contributed by atoms with Crippen LogP contribution >= 0.6 is 0 Å². The molecule has 0 atom stereocenters. The topological polar surface area (TPSA) is 122 Å². The molecule has 2 aromatic heterocycles. The van der Waals surface area contributed by atoms with E-state index >= 15 is 0 Å². The number of ether oxygens (including phenoxy) is 1. The fourth-order valence-electron chi connectivity index (χ4n) is 4.07. The lowest BCUT2D eigenvalue weighted by molar-refractivity contribution is -0.137. The van der Waals surface area contributed by atoms with Crippen molar-refractivity contribution in [2.24, 2.45) is 0 Å². The Morgan fingerprint density at radius 3 is 2.52 bits per heavy atom. The zero-order chi connectivity index (χ0) is 30.3. The molecule has 222 valence electrons. The number of rotatable bonds is 12. The van der Waals surface area contributed by atoms with Gasteiger partial charge in [-0.25, -0.2) is 9.97 Å². The van der Waals surface area contributed by atoms with Crippen LogP contribution < -0.4 is 20.7 Å². The minimum Gasteiger partial charge on any atom is -0.492 e. The Bertz CT molecular complexity index is 1520. The number of carbonyl (C=O) groups excluding carboxylic acids is 1. The number of hydrogen-bond acceptors (Lipinski definition) is 9. The smallest absolute Gasteiger partial charge is 0.416 e. The van der Waals surface area contributed by atoms with Gasteiger partial charge in [-0.15, -0.1) is 0 Å². The number of anilines is 4. The monoisotopic (exact) mass is 583 g/mol. The van der Waals surface area contributed by atoms with Crippen LogP contribution in [0, 0.1) is 6.92 Å². The van der Waals surface area contributed by atoms with E-state index in [2.05, 4.69) is 40.9 Å². The molecule has 0 saturated carbocycles. The average molecular weight is 584 g/mol. The Morgan fingerprint density at radius 1 is 1.02 bits per heavy atom. The van der Waals surface area contributed by atoms with Gasteiger partial charge in [-0.3, -0.25) is 4.79 Å². The Hall–Kier alpha value is -4.72. The predicted octanol–water partition coefficient (Wildman–Crippen LogP) is 5.14. The molecular formula is C28H32F3N9O2. The number of benzene rings is 2. The Kier molecular flexibility index (Phi) is 9.57. The number of halogens is 3. The van der Waals surface area contributed by atoms with Crippen molar-refractivity contribution < 1.29 is 22.7 Å². The van der Waals surface area contributed by atoms with Gasteiger partial charge in [-0.1, -0.05) is 19.9 Å². The van der Waals surface area contributed by atoms with Gasteiger partial charge < -0.3 is 25.6 Å². The van der Waals surface area contributed by atoms with Crippen LogP contribution in [0.5, 0.6) is 5.75 Å². The van der Waals surface area contributed by atoms with Crippen molar-refractivity contribution in [3.63, 3.8) is 0 Å². The third-order valence-electron chi connectivity index (χ3n) is 6.48. The summed E-state index contributed by atoms with van der Waals surface area (Å²) >= 11 is 0. The van der Waals surface area contributed by atoms with Crippen LogP contribution in [0.15, 0.2) is 55.1 Å². The summed E-state index contributed by atoms with van der Waals surface area (Å²) in [5.74, 6) is 0.802. The van der Waals surface area contributed by atoms with Gasteiger partial charge in [0.1, 0.15) is 30.8 Å². The molecule has 14 heteroatoms. The Labute approximate surface area is 241 Å². The van der Waals surface area contributed by atoms with Crippen molar-refractivity contribution >= 4 is 29.0 Å². The first-order chi connectivity index (χ1) is 20.1. The number of carbonyl (C=O) groups is 1. The zero-order valence-corrected chi connectivity index (χ0v) is 23.7. The number of aromatic nitrogens is 5. The summed E-state index contributed by atoms with van der Waals surface area (Å²) < 4.78 is 48.0. The molecule has 0 bridgehead atoms. The van der Waals surface area contributed by atoms with Gasteiger partial charge in [-0.2, -0.15) is 27.9 Å². The fraction of sp³-hybridized carbons (Fsp3) is 0.321. The number of likely N-dealkylation sites (N-methyl/N-ethyl adjacent to an activating group) is 1. The molecule has 0 fully saturated rings. The Balaban J connectivity index is 1.54. The lowest BCUT2D eigenvalue weighted by atomic mass is 10.1. The van der Waals surface area contributed by atoms with Gasteiger partial charge in [0.2, 0.25) is 5.95 Å². The quantitative estimate of drug-likeness (QED) is 0.208. The second-order valence-corrected chi connectivity index (χ2v) is 9.23. The number of aryl methyl sites for hydroxylation is 1. The molecule has 0 unspecified atom stereocenters. The number of nitrogens with one attached hydrogen (secondary N) is 3. The largest absolute Gasteiger partial charge is 0.492 e. The van der Waals surface area contributed by atoms with Gasteiger partial charge in [0.25, 0.3) is 5.91 Å². The summed E-state index contributed by atoms with van der Waals surface area (Å²) in [7, 11) is 1.73. The highest BCUT2D eigenvalue weighted by Gasteiger charge is 2.31. The average Bonchev–Trinajstić information content (AvgIpc) is 3.44. The predicted molar refractivity (Wildman–Crippen MR) is 154 cm³/mol. The highest BCUT2D eigenvalue weighted by Crippen LogP contribution is 2.34. The van der Waals surface area contributed by atoms with E-state index in [0.717, 1.165) is 30.8 Å². The second-order valence-electron chi connectivity index (χ2n) is 9.23. The summed E-state index contributed by atoms with van der Waals surface area (Å²) in [5, 5.41) is 12.9. The summed E-state index contributed by atoms with van der Waals surface area (Å²) in [6.45, 7) is 8.20. The van der Waals surface area contributed by atoms with Crippen molar-refractivity contribution in [1.29, 1.82) is 0 Å². The van der Waals surface area contributed by atoms with Crippen LogP contribution in [0.4, 0.5) is 36.3 Å². The molecule has 0 aliphatic carbocycles. The highest BCUT2D eigenvalue weighted by molar-refractivity contribution is 6.05. The molecule has 0 saturated heterocycles. The van der Waals surface area contributed by atoms with Crippen LogP contribution in [-0.4, -0.2) is 68.8 Å². The van der Waals surface area contributed by atoms with Crippen molar-refractivity contribution in [3.05, 3.63) is 71.8 Å². The van der Waals surface area contributed by atoms with Crippen LogP contribution in [0.1, 0.15) is 35.3 Å².